The first kappa shape index (κ1) is 55.0. The third-order valence-corrected chi connectivity index (χ3v) is 12.6. The monoisotopic (exact) mass is 784 g/mol. The number of hydrogen-bond acceptors (Lipinski definition) is 1. The fraction of sp³-hybridized carbons (Fsp3) is 0.907. The summed E-state index contributed by atoms with van der Waals surface area (Å²) in [6, 6.07) is 0. The Balaban J connectivity index is 4.45. The molecule has 332 valence electrons. The van der Waals surface area contributed by atoms with Gasteiger partial charge >= 0.3 is 0 Å². The fourth-order valence-electron chi connectivity index (χ4n) is 8.64. The summed E-state index contributed by atoms with van der Waals surface area (Å²) >= 11 is 0. The SMILES string of the molecule is CCCCCCCCCCCCCC=CC(CCCCCCCCCCCCCCCCCC)=C(CCCCCCCCCCCCCCCCCC)C(N)=O. The van der Waals surface area contributed by atoms with Gasteiger partial charge in [0.05, 0.1) is 0 Å². The van der Waals surface area contributed by atoms with Crippen molar-refractivity contribution in [3.63, 3.8) is 0 Å². The Morgan fingerprint density at radius 1 is 0.321 bits per heavy atom. The Hall–Kier alpha value is -1.05. The van der Waals surface area contributed by atoms with Crippen LogP contribution in [0.3, 0.4) is 0 Å². The summed E-state index contributed by atoms with van der Waals surface area (Å²) in [7, 11) is 0. The molecule has 0 aliphatic carbocycles. The number of allylic oxidation sites excluding steroid dienone is 3. The number of rotatable bonds is 48. The van der Waals surface area contributed by atoms with Crippen molar-refractivity contribution in [3.8, 4) is 0 Å². The van der Waals surface area contributed by atoms with Gasteiger partial charge in [-0.3, -0.25) is 4.79 Å². The molecule has 2 nitrogen and oxygen atoms in total. The van der Waals surface area contributed by atoms with Gasteiger partial charge in [0.25, 0.3) is 0 Å². The summed E-state index contributed by atoms with van der Waals surface area (Å²) in [5.74, 6) is -0.170. The maximum Gasteiger partial charge on any atom is 0.244 e. The maximum absolute atomic E-state index is 12.8. The number of amides is 1. The van der Waals surface area contributed by atoms with E-state index < -0.39 is 0 Å². The highest BCUT2D eigenvalue weighted by atomic mass is 16.1. The minimum Gasteiger partial charge on any atom is -0.366 e. The van der Waals surface area contributed by atoms with Gasteiger partial charge in [-0.15, -0.1) is 0 Å². The van der Waals surface area contributed by atoms with Crippen molar-refractivity contribution in [1.29, 1.82) is 0 Å². The Labute approximate surface area is 354 Å². The van der Waals surface area contributed by atoms with Crippen LogP contribution < -0.4 is 5.73 Å². The lowest BCUT2D eigenvalue weighted by atomic mass is 9.95. The summed E-state index contributed by atoms with van der Waals surface area (Å²) in [4.78, 5) is 12.8. The van der Waals surface area contributed by atoms with Crippen LogP contribution in [0.25, 0.3) is 0 Å². The lowest BCUT2D eigenvalue weighted by Crippen LogP contribution is -2.16. The van der Waals surface area contributed by atoms with Crippen LogP contribution in [0.15, 0.2) is 23.3 Å². The highest BCUT2D eigenvalue weighted by molar-refractivity contribution is 5.93. The third kappa shape index (κ3) is 42.6. The molecule has 1 amide bonds. The van der Waals surface area contributed by atoms with Gasteiger partial charge in [-0.05, 0) is 44.1 Å². The van der Waals surface area contributed by atoms with Crippen LogP contribution in [-0.2, 0) is 4.79 Å². The normalized spacial score (nSPS) is 12.3. The van der Waals surface area contributed by atoms with Crippen LogP contribution >= 0.6 is 0 Å². The minimum atomic E-state index is -0.170. The molecule has 56 heavy (non-hydrogen) atoms. The molecule has 0 atom stereocenters. The average molecular weight is 784 g/mol. The van der Waals surface area contributed by atoms with E-state index >= 15 is 0 Å². The van der Waals surface area contributed by atoms with Crippen molar-refractivity contribution in [1.82, 2.24) is 0 Å². The van der Waals surface area contributed by atoms with E-state index in [9.17, 15) is 4.79 Å². The second kappa shape index (κ2) is 48.3. The summed E-state index contributed by atoms with van der Waals surface area (Å²) < 4.78 is 0. The number of carbonyl (C=O) groups is 1. The number of unbranched alkanes of at least 4 members (excludes halogenated alkanes) is 41. The van der Waals surface area contributed by atoms with E-state index in [4.69, 9.17) is 5.73 Å². The van der Waals surface area contributed by atoms with Gasteiger partial charge in [0, 0.05) is 5.57 Å². The van der Waals surface area contributed by atoms with Crippen molar-refractivity contribution in [2.45, 2.75) is 316 Å². The number of primary amides is 1. The molecule has 0 saturated carbocycles. The van der Waals surface area contributed by atoms with E-state index in [2.05, 4.69) is 32.9 Å². The van der Waals surface area contributed by atoms with Crippen LogP contribution in [0, 0.1) is 0 Å². The predicted molar refractivity (Wildman–Crippen MR) is 255 cm³/mol. The van der Waals surface area contributed by atoms with E-state index in [1.54, 1.807) is 0 Å². The van der Waals surface area contributed by atoms with E-state index in [-0.39, 0.29) is 5.91 Å². The first-order valence-corrected chi connectivity index (χ1v) is 26.4. The molecule has 0 aliphatic rings. The molecule has 0 radical (unpaired) electrons. The van der Waals surface area contributed by atoms with Crippen molar-refractivity contribution in [2.75, 3.05) is 0 Å². The topological polar surface area (TPSA) is 43.1 Å². The van der Waals surface area contributed by atoms with Gasteiger partial charge in [0.2, 0.25) is 5.91 Å². The molecule has 0 saturated heterocycles. The molecule has 0 heterocycles. The lowest BCUT2D eigenvalue weighted by molar-refractivity contribution is -0.114. The highest BCUT2D eigenvalue weighted by Crippen LogP contribution is 2.23. The van der Waals surface area contributed by atoms with Crippen LogP contribution in [0.5, 0.6) is 0 Å². The molecular weight excluding hydrogens is 679 g/mol. The summed E-state index contributed by atoms with van der Waals surface area (Å²) in [5, 5.41) is 0. The summed E-state index contributed by atoms with van der Waals surface area (Å²) in [6.07, 6.45) is 67.2. The van der Waals surface area contributed by atoms with E-state index in [0.29, 0.717) is 0 Å². The van der Waals surface area contributed by atoms with Crippen molar-refractivity contribution in [2.24, 2.45) is 5.73 Å². The van der Waals surface area contributed by atoms with E-state index in [1.807, 2.05) is 0 Å². The highest BCUT2D eigenvalue weighted by Gasteiger charge is 2.11. The van der Waals surface area contributed by atoms with Crippen LogP contribution in [0.2, 0.25) is 0 Å². The lowest BCUT2D eigenvalue weighted by Gasteiger charge is -2.11. The molecule has 2 N–H and O–H groups in total. The molecule has 0 spiro atoms. The molecule has 0 unspecified atom stereocenters. The molecule has 0 aromatic carbocycles. The minimum absolute atomic E-state index is 0.170. The zero-order valence-electron chi connectivity index (χ0n) is 39.2. The number of hydrogen-bond donors (Lipinski definition) is 1. The molecule has 0 aromatic rings. The van der Waals surface area contributed by atoms with Crippen molar-refractivity contribution >= 4 is 5.91 Å². The van der Waals surface area contributed by atoms with Crippen molar-refractivity contribution < 1.29 is 4.79 Å². The summed E-state index contributed by atoms with van der Waals surface area (Å²) in [6.45, 7) is 6.90. The zero-order chi connectivity index (χ0) is 40.7. The van der Waals surface area contributed by atoms with Gasteiger partial charge in [-0.1, -0.05) is 290 Å². The second-order valence-corrected chi connectivity index (χ2v) is 18.2. The van der Waals surface area contributed by atoms with E-state index in [0.717, 1.165) is 31.3 Å². The van der Waals surface area contributed by atoms with E-state index in [1.165, 1.54) is 275 Å². The predicted octanol–water partition coefficient (Wildman–Crippen LogP) is 19.3. The van der Waals surface area contributed by atoms with Gasteiger partial charge in [-0.25, -0.2) is 0 Å². The smallest absolute Gasteiger partial charge is 0.244 e. The first-order chi connectivity index (χ1) is 27.7. The molecule has 0 aromatic heterocycles. The largest absolute Gasteiger partial charge is 0.366 e. The molecule has 0 rings (SSSR count). The standard InChI is InChI=1S/C54H105NO/c1-4-7-10-13-16-19-22-25-27-29-32-35-38-41-44-47-50-52(49-46-43-40-37-34-31-24-21-18-15-12-9-6-3)53(54(55)56)51-48-45-42-39-36-33-30-28-26-23-20-17-14-11-8-5-2/h46,49H,4-45,47-48,50-51H2,1-3H3,(H2,55,56). The Kier molecular flexibility index (Phi) is 47.4. The van der Waals surface area contributed by atoms with Gasteiger partial charge < -0.3 is 5.73 Å². The Morgan fingerprint density at radius 2 is 0.554 bits per heavy atom. The first-order valence-electron chi connectivity index (χ1n) is 26.4. The van der Waals surface area contributed by atoms with Crippen LogP contribution in [-0.4, -0.2) is 5.91 Å². The van der Waals surface area contributed by atoms with Crippen LogP contribution in [0.1, 0.15) is 316 Å². The molecule has 0 aliphatic heterocycles. The zero-order valence-corrected chi connectivity index (χ0v) is 39.2. The summed E-state index contributed by atoms with van der Waals surface area (Å²) in [5.41, 5.74) is 8.27. The Morgan fingerprint density at radius 3 is 0.821 bits per heavy atom. The Bertz CT molecular complexity index is 826. The number of carbonyl (C=O) groups excluding carboxylic acids is 1. The van der Waals surface area contributed by atoms with Gasteiger partial charge in [0.1, 0.15) is 0 Å². The van der Waals surface area contributed by atoms with Gasteiger partial charge in [0.15, 0.2) is 0 Å². The molecule has 0 fully saturated rings. The molecular formula is C54H105NO. The molecule has 2 heteroatoms. The maximum atomic E-state index is 12.8. The second-order valence-electron chi connectivity index (χ2n) is 18.2. The fourth-order valence-corrected chi connectivity index (χ4v) is 8.64. The van der Waals surface area contributed by atoms with Crippen molar-refractivity contribution in [3.05, 3.63) is 23.3 Å². The quantitative estimate of drug-likeness (QED) is 0.0373. The average Bonchev–Trinajstić information content (AvgIpc) is 3.20. The third-order valence-electron chi connectivity index (χ3n) is 12.6. The number of nitrogens with two attached hydrogens (primary N) is 1. The molecule has 0 bridgehead atoms. The van der Waals surface area contributed by atoms with Gasteiger partial charge in [-0.2, -0.15) is 0 Å². The van der Waals surface area contributed by atoms with Crippen LogP contribution in [0.4, 0.5) is 0 Å².